The number of fused-ring (bicyclic) bond motifs is 1. The van der Waals surface area contributed by atoms with Crippen molar-refractivity contribution >= 4 is 56.5 Å². The van der Waals surface area contributed by atoms with E-state index in [1.54, 1.807) is 44.7 Å². The fraction of sp³-hybridized carbons (Fsp3) is 0.182. The van der Waals surface area contributed by atoms with Crippen LogP contribution in [0.4, 0.5) is 21.4 Å². The molecule has 2 heterocycles. The lowest BCUT2D eigenvalue weighted by Gasteiger charge is -2.11. The predicted octanol–water partition coefficient (Wildman–Crippen LogP) is 5.06. The molecule has 4 rings (SSSR count). The van der Waals surface area contributed by atoms with Crippen molar-refractivity contribution in [3.63, 3.8) is 0 Å². The lowest BCUT2D eigenvalue weighted by atomic mass is 10.2. The molecule has 4 aromatic rings. The third-order valence-corrected chi connectivity index (χ3v) is 5.87. The summed E-state index contributed by atoms with van der Waals surface area (Å²) in [6.45, 7) is 0.622. The molecule has 0 radical (unpaired) electrons. The predicted molar refractivity (Wildman–Crippen MR) is 131 cm³/mol. The van der Waals surface area contributed by atoms with Crippen LogP contribution in [0.2, 0.25) is 5.02 Å². The van der Waals surface area contributed by atoms with E-state index in [9.17, 15) is 4.79 Å². The van der Waals surface area contributed by atoms with Crippen LogP contribution in [0.5, 0.6) is 11.5 Å². The number of urea groups is 1. The molecule has 2 aromatic heterocycles. The molecule has 0 aliphatic rings. The minimum absolute atomic E-state index is 0.381. The van der Waals surface area contributed by atoms with E-state index in [1.165, 1.54) is 17.7 Å². The van der Waals surface area contributed by atoms with Crippen LogP contribution in [0.1, 0.15) is 4.88 Å². The summed E-state index contributed by atoms with van der Waals surface area (Å²) in [5.74, 6) is 1.92. The molecule has 2 aromatic carbocycles. The van der Waals surface area contributed by atoms with Crippen LogP contribution < -0.4 is 25.4 Å². The van der Waals surface area contributed by atoms with Gasteiger partial charge in [-0.15, -0.1) is 11.3 Å². The number of nitrogens with zero attached hydrogens (tertiary/aromatic N) is 3. The Balaban J connectivity index is 1.35. The number of hydrogen-bond acceptors (Lipinski definition) is 8. The summed E-state index contributed by atoms with van der Waals surface area (Å²) in [5.41, 5.74) is 1.35. The average molecular weight is 485 g/mol. The summed E-state index contributed by atoms with van der Waals surface area (Å²) in [6.07, 6.45) is 3.95. The molecule has 170 valence electrons. The van der Waals surface area contributed by atoms with Crippen molar-refractivity contribution in [2.24, 2.45) is 0 Å². The highest BCUT2D eigenvalue weighted by Crippen LogP contribution is 2.33. The van der Waals surface area contributed by atoms with Crippen LogP contribution in [0.25, 0.3) is 10.9 Å². The fourth-order valence-electron chi connectivity index (χ4n) is 3.13. The lowest BCUT2D eigenvalue weighted by molar-refractivity contribution is 0.262. The van der Waals surface area contributed by atoms with Gasteiger partial charge in [0.05, 0.1) is 19.7 Å². The van der Waals surface area contributed by atoms with Crippen molar-refractivity contribution in [2.45, 2.75) is 6.42 Å². The van der Waals surface area contributed by atoms with E-state index in [4.69, 9.17) is 21.1 Å². The van der Waals surface area contributed by atoms with Crippen LogP contribution in [-0.4, -0.2) is 41.7 Å². The normalized spacial score (nSPS) is 10.6. The molecule has 0 spiro atoms. The van der Waals surface area contributed by atoms with E-state index in [0.717, 1.165) is 15.8 Å². The number of aromatic nitrogens is 3. The molecule has 0 aliphatic heterocycles. The number of halogens is 1. The molecule has 0 fully saturated rings. The third-order valence-electron chi connectivity index (χ3n) is 4.66. The number of ether oxygens (including phenoxy) is 2. The Bertz CT molecular complexity index is 1280. The van der Waals surface area contributed by atoms with Gasteiger partial charge in [-0.1, -0.05) is 17.7 Å². The second kappa shape index (κ2) is 10.3. The zero-order valence-corrected chi connectivity index (χ0v) is 19.5. The number of carbonyl (C=O) groups is 1. The van der Waals surface area contributed by atoms with Crippen LogP contribution in [0, 0.1) is 0 Å². The highest BCUT2D eigenvalue weighted by molar-refractivity contribution is 7.15. The summed E-state index contributed by atoms with van der Waals surface area (Å²) in [5, 5.41) is 10.7. The zero-order chi connectivity index (χ0) is 23.2. The topological polar surface area (TPSA) is 110 Å². The quantitative estimate of drug-likeness (QED) is 0.320. The molecule has 9 nitrogen and oxygen atoms in total. The average Bonchev–Trinajstić information content (AvgIpc) is 3.25. The van der Waals surface area contributed by atoms with Gasteiger partial charge in [-0.25, -0.2) is 19.7 Å². The van der Waals surface area contributed by atoms with E-state index in [-0.39, 0.29) is 6.03 Å². The van der Waals surface area contributed by atoms with E-state index in [0.29, 0.717) is 46.1 Å². The van der Waals surface area contributed by atoms with Gasteiger partial charge in [-0.3, -0.25) is 5.32 Å². The Labute approximate surface area is 199 Å². The number of anilines is 3. The summed E-state index contributed by atoms with van der Waals surface area (Å²) >= 11 is 7.34. The maximum atomic E-state index is 12.2. The van der Waals surface area contributed by atoms with E-state index >= 15 is 0 Å². The van der Waals surface area contributed by atoms with Crippen LogP contribution in [0.15, 0.2) is 48.9 Å². The van der Waals surface area contributed by atoms with Crippen molar-refractivity contribution in [3.8, 4) is 11.5 Å². The molecule has 2 amide bonds. The van der Waals surface area contributed by atoms with Crippen LogP contribution >= 0.6 is 22.9 Å². The largest absolute Gasteiger partial charge is 0.493 e. The van der Waals surface area contributed by atoms with Gasteiger partial charge in [0.2, 0.25) is 0 Å². The first kappa shape index (κ1) is 22.6. The fourth-order valence-corrected chi connectivity index (χ4v) is 4.13. The standard InChI is InChI=1S/C22H21ClN6O3S/c1-31-18-9-16-17(10-19(18)32-2)26-12-27-20(16)24-7-6-15-11-25-22(33-15)29-21(30)28-14-5-3-4-13(23)8-14/h3-5,8-12H,6-7H2,1-2H3,(H,24,26,27)(H2,25,28,29,30). The minimum atomic E-state index is -0.381. The molecular weight excluding hydrogens is 464 g/mol. The molecule has 11 heteroatoms. The van der Waals surface area contributed by atoms with Gasteiger partial charge in [-0.2, -0.15) is 0 Å². The number of rotatable bonds is 8. The van der Waals surface area contributed by atoms with E-state index in [2.05, 4.69) is 30.9 Å². The summed E-state index contributed by atoms with van der Waals surface area (Å²) in [7, 11) is 3.17. The van der Waals surface area contributed by atoms with E-state index in [1.807, 2.05) is 12.1 Å². The molecule has 0 unspecified atom stereocenters. The molecule has 0 atom stereocenters. The maximum Gasteiger partial charge on any atom is 0.325 e. The van der Waals surface area contributed by atoms with Gasteiger partial charge in [0, 0.05) is 46.2 Å². The Hall–Kier alpha value is -3.63. The van der Waals surface area contributed by atoms with Crippen molar-refractivity contribution in [3.05, 3.63) is 58.8 Å². The Morgan fingerprint density at radius 3 is 2.67 bits per heavy atom. The zero-order valence-electron chi connectivity index (χ0n) is 17.9. The first-order valence-corrected chi connectivity index (χ1v) is 11.1. The van der Waals surface area contributed by atoms with Gasteiger partial charge in [0.25, 0.3) is 0 Å². The van der Waals surface area contributed by atoms with Gasteiger partial charge >= 0.3 is 6.03 Å². The summed E-state index contributed by atoms with van der Waals surface area (Å²) < 4.78 is 10.7. The molecule has 0 aliphatic carbocycles. The second-order valence-corrected chi connectivity index (χ2v) is 8.40. The second-order valence-electron chi connectivity index (χ2n) is 6.84. The van der Waals surface area contributed by atoms with Gasteiger partial charge in [0.15, 0.2) is 16.6 Å². The third kappa shape index (κ3) is 5.60. The monoisotopic (exact) mass is 484 g/mol. The number of carbonyl (C=O) groups excluding carboxylic acids is 1. The molecule has 0 bridgehead atoms. The highest BCUT2D eigenvalue weighted by Gasteiger charge is 2.11. The number of methoxy groups -OCH3 is 2. The highest BCUT2D eigenvalue weighted by atomic mass is 35.5. The number of nitrogens with one attached hydrogen (secondary N) is 3. The van der Waals surface area contributed by atoms with E-state index < -0.39 is 0 Å². The Morgan fingerprint density at radius 1 is 1.06 bits per heavy atom. The molecule has 3 N–H and O–H groups in total. The molecule has 33 heavy (non-hydrogen) atoms. The number of thiazole rings is 1. The number of amides is 2. The number of benzene rings is 2. The summed E-state index contributed by atoms with van der Waals surface area (Å²) in [6, 6.07) is 10.2. The minimum Gasteiger partial charge on any atom is -0.493 e. The molecule has 0 saturated carbocycles. The van der Waals surface area contributed by atoms with Crippen LogP contribution in [0.3, 0.4) is 0 Å². The number of hydrogen-bond donors (Lipinski definition) is 3. The first-order valence-electron chi connectivity index (χ1n) is 9.94. The van der Waals surface area contributed by atoms with Gasteiger partial charge in [-0.05, 0) is 24.3 Å². The van der Waals surface area contributed by atoms with Gasteiger partial charge in [0.1, 0.15) is 12.1 Å². The van der Waals surface area contributed by atoms with Crippen molar-refractivity contribution in [1.82, 2.24) is 15.0 Å². The van der Waals surface area contributed by atoms with Crippen LogP contribution in [-0.2, 0) is 6.42 Å². The Kier molecular flexibility index (Phi) is 7.06. The molecule has 0 saturated heterocycles. The van der Waals surface area contributed by atoms with Crippen molar-refractivity contribution in [1.29, 1.82) is 0 Å². The lowest BCUT2D eigenvalue weighted by Crippen LogP contribution is -2.19. The Morgan fingerprint density at radius 2 is 1.88 bits per heavy atom. The molecular formula is C22H21ClN6O3S. The summed E-state index contributed by atoms with van der Waals surface area (Å²) in [4.78, 5) is 26.1. The van der Waals surface area contributed by atoms with Gasteiger partial charge < -0.3 is 20.1 Å². The van der Waals surface area contributed by atoms with Crippen molar-refractivity contribution in [2.75, 3.05) is 36.7 Å². The SMILES string of the molecule is COc1cc2ncnc(NCCc3cnc(NC(=O)Nc4cccc(Cl)c4)s3)c2cc1OC. The first-order chi connectivity index (χ1) is 16.1. The smallest absolute Gasteiger partial charge is 0.325 e. The maximum absolute atomic E-state index is 12.2. The van der Waals surface area contributed by atoms with Crippen molar-refractivity contribution < 1.29 is 14.3 Å².